The van der Waals surface area contributed by atoms with Crippen molar-refractivity contribution in [2.45, 2.75) is 25.3 Å². The Bertz CT molecular complexity index is 601. The number of benzene rings is 1. The Kier molecular flexibility index (Phi) is 5.62. The fourth-order valence-electron chi connectivity index (χ4n) is 2.35. The third-order valence-corrected chi connectivity index (χ3v) is 5.77. The molecule has 1 fully saturated rings. The number of halogens is 3. The van der Waals surface area contributed by atoms with Crippen LogP contribution in [0.3, 0.4) is 0 Å². The Morgan fingerprint density at radius 1 is 1.24 bits per heavy atom. The lowest BCUT2D eigenvalue weighted by atomic mass is 10.1. The third kappa shape index (κ3) is 3.94. The van der Waals surface area contributed by atoms with Crippen molar-refractivity contribution in [2.75, 3.05) is 17.8 Å². The molecule has 1 aromatic rings. The van der Waals surface area contributed by atoms with Gasteiger partial charge in [0.05, 0.1) is 15.7 Å². The van der Waals surface area contributed by atoms with Crippen LogP contribution in [0, 0.1) is 0 Å². The zero-order valence-corrected chi connectivity index (χ0v) is 14.2. The van der Waals surface area contributed by atoms with Crippen LogP contribution in [0.1, 0.15) is 19.3 Å². The van der Waals surface area contributed by atoms with Crippen molar-refractivity contribution >= 4 is 50.7 Å². The van der Waals surface area contributed by atoms with Gasteiger partial charge in [-0.05, 0) is 25.0 Å². The molecule has 5 nitrogen and oxygen atoms in total. The lowest BCUT2D eigenvalue weighted by molar-refractivity contribution is 0.259. The van der Waals surface area contributed by atoms with Crippen LogP contribution in [-0.2, 0) is 10.2 Å². The van der Waals surface area contributed by atoms with Gasteiger partial charge >= 0.3 is 10.2 Å². The maximum atomic E-state index is 12.5. The van der Waals surface area contributed by atoms with Crippen molar-refractivity contribution in [1.29, 1.82) is 0 Å². The van der Waals surface area contributed by atoms with Gasteiger partial charge < -0.3 is 5.73 Å². The summed E-state index contributed by atoms with van der Waals surface area (Å²) in [6.07, 6.45) is 2.52. The summed E-state index contributed by atoms with van der Waals surface area (Å²) in [5, 5.41) is 0.639. The Morgan fingerprint density at radius 3 is 2.43 bits per heavy atom. The van der Waals surface area contributed by atoms with E-state index in [1.165, 1.54) is 16.4 Å². The molecule has 1 saturated heterocycles. The molecule has 0 radical (unpaired) electrons. The van der Waals surface area contributed by atoms with E-state index in [2.05, 4.69) is 4.72 Å². The van der Waals surface area contributed by atoms with Crippen LogP contribution in [0.25, 0.3) is 0 Å². The predicted molar refractivity (Wildman–Crippen MR) is 87.4 cm³/mol. The van der Waals surface area contributed by atoms with Gasteiger partial charge in [0.2, 0.25) is 0 Å². The summed E-state index contributed by atoms with van der Waals surface area (Å²) in [5.41, 5.74) is 5.79. The normalized spacial score (nSPS) is 20.5. The predicted octanol–water partition coefficient (Wildman–Crippen LogP) is 3.12. The molecule has 1 aromatic carbocycles. The minimum atomic E-state index is -3.76. The number of nitrogens with zero attached hydrogens (tertiary/aromatic N) is 1. The molecule has 0 amide bonds. The maximum absolute atomic E-state index is 12.5. The average Bonchev–Trinajstić information content (AvgIpc) is 2.43. The first-order valence-corrected chi connectivity index (χ1v) is 9.06. The summed E-state index contributed by atoms with van der Waals surface area (Å²) in [5.74, 6) is 0. The lowest BCUT2D eigenvalue weighted by Gasteiger charge is -2.34. The van der Waals surface area contributed by atoms with Crippen LogP contribution in [0.5, 0.6) is 0 Å². The summed E-state index contributed by atoms with van der Waals surface area (Å²) in [4.78, 5) is 0. The fraction of sp³-hybridized carbons (Fsp3) is 0.500. The zero-order valence-electron chi connectivity index (χ0n) is 11.2. The van der Waals surface area contributed by atoms with Crippen LogP contribution >= 0.6 is 34.8 Å². The molecule has 3 N–H and O–H groups in total. The van der Waals surface area contributed by atoms with Gasteiger partial charge in [0.15, 0.2) is 0 Å². The minimum absolute atomic E-state index is 0.129. The average molecular weight is 373 g/mol. The van der Waals surface area contributed by atoms with Crippen LogP contribution in [0.2, 0.25) is 15.1 Å². The molecule has 1 atom stereocenters. The Balaban J connectivity index is 2.29. The second-order valence-electron chi connectivity index (χ2n) is 4.85. The van der Waals surface area contributed by atoms with E-state index in [4.69, 9.17) is 40.5 Å². The third-order valence-electron chi connectivity index (χ3n) is 3.39. The largest absolute Gasteiger partial charge is 0.329 e. The summed E-state index contributed by atoms with van der Waals surface area (Å²) >= 11 is 17.8. The van der Waals surface area contributed by atoms with Gasteiger partial charge in [-0.25, -0.2) is 0 Å². The van der Waals surface area contributed by atoms with E-state index in [-0.39, 0.29) is 28.3 Å². The standard InChI is InChI=1S/C12H16Cl3N3O2S/c13-8-5-10(14)12(11(15)6-8)17-21(19,20)18-4-2-1-3-9(18)7-16/h5-6,9,17H,1-4,7,16H2. The summed E-state index contributed by atoms with van der Waals surface area (Å²) in [6, 6.07) is 2.66. The van der Waals surface area contributed by atoms with Gasteiger partial charge in [0, 0.05) is 24.2 Å². The minimum Gasteiger partial charge on any atom is -0.329 e. The van der Waals surface area contributed by atoms with Crippen LogP contribution < -0.4 is 10.5 Å². The van der Waals surface area contributed by atoms with E-state index in [1.807, 2.05) is 0 Å². The number of anilines is 1. The first kappa shape index (κ1) is 17.1. The van der Waals surface area contributed by atoms with Gasteiger partial charge in [0.1, 0.15) is 0 Å². The molecule has 0 bridgehead atoms. The number of piperidine rings is 1. The fourth-order valence-corrected chi connectivity index (χ4v) is 4.93. The summed E-state index contributed by atoms with van der Waals surface area (Å²) in [7, 11) is -3.76. The second-order valence-corrected chi connectivity index (χ2v) is 7.72. The van der Waals surface area contributed by atoms with Gasteiger partial charge in [-0.1, -0.05) is 41.2 Å². The van der Waals surface area contributed by atoms with Crippen LogP contribution in [-0.4, -0.2) is 31.9 Å². The number of hydrogen-bond donors (Lipinski definition) is 2. The topological polar surface area (TPSA) is 75.4 Å². The maximum Gasteiger partial charge on any atom is 0.302 e. The smallest absolute Gasteiger partial charge is 0.302 e. The molecule has 1 unspecified atom stereocenters. The molecule has 0 aliphatic carbocycles. The summed E-state index contributed by atoms with van der Waals surface area (Å²) < 4.78 is 28.9. The highest BCUT2D eigenvalue weighted by atomic mass is 35.5. The molecule has 9 heteroatoms. The van der Waals surface area contributed by atoms with E-state index in [0.29, 0.717) is 11.6 Å². The van der Waals surface area contributed by atoms with Gasteiger partial charge in [0.25, 0.3) is 0 Å². The highest BCUT2D eigenvalue weighted by Gasteiger charge is 2.32. The Labute approximate surface area is 139 Å². The first-order valence-electron chi connectivity index (χ1n) is 6.49. The van der Waals surface area contributed by atoms with E-state index in [0.717, 1.165) is 19.3 Å². The zero-order chi connectivity index (χ0) is 15.6. The Morgan fingerprint density at radius 2 is 1.86 bits per heavy atom. The van der Waals surface area contributed by atoms with E-state index in [9.17, 15) is 8.42 Å². The molecular formula is C12H16Cl3N3O2S. The molecule has 0 spiro atoms. The van der Waals surface area contributed by atoms with Gasteiger partial charge in [-0.2, -0.15) is 12.7 Å². The van der Waals surface area contributed by atoms with Crippen molar-refractivity contribution in [2.24, 2.45) is 5.73 Å². The van der Waals surface area contributed by atoms with Crippen molar-refractivity contribution in [1.82, 2.24) is 4.31 Å². The monoisotopic (exact) mass is 371 g/mol. The second kappa shape index (κ2) is 6.89. The first-order chi connectivity index (χ1) is 9.85. The van der Waals surface area contributed by atoms with Crippen LogP contribution in [0.15, 0.2) is 12.1 Å². The lowest BCUT2D eigenvalue weighted by Crippen LogP contribution is -2.49. The molecule has 1 aliphatic heterocycles. The molecular weight excluding hydrogens is 357 g/mol. The van der Waals surface area contributed by atoms with Crippen molar-refractivity contribution < 1.29 is 8.42 Å². The molecule has 0 saturated carbocycles. The van der Waals surface area contributed by atoms with Crippen LogP contribution in [0.4, 0.5) is 5.69 Å². The SMILES string of the molecule is NCC1CCCCN1S(=O)(=O)Nc1c(Cl)cc(Cl)cc1Cl. The summed E-state index contributed by atoms with van der Waals surface area (Å²) in [6.45, 7) is 0.711. The van der Waals surface area contributed by atoms with Crippen molar-refractivity contribution in [3.8, 4) is 0 Å². The quantitative estimate of drug-likeness (QED) is 0.852. The Hall–Kier alpha value is -0.240. The molecule has 0 aromatic heterocycles. The van der Waals surface area contributed by atoms with Crippen molar-refractivity contribution in [3.63, 3.8) is 0 Å². The molecule has 118 valence electrons. The highest BCUT2D eigenvalue weighted by Crippen LogP contribution is 2.35. The van der Waals surface area contributed by atoms with E-state index in [1.54, 1.807) is 0 Å². The number of nitrogens with two attached hydrogens (primary N) is 1. The highest BCUT2D eigenvalue weighted by molar-refractivity contribution is 7.90. The van der Waals surface area contributed by atoms with E-state index < -0.39 is 10.2 Å². The van der Waals surface area contributed by atoms with Gasteiger partial charge in [-0.3, -0.25) is 4.72 Å². The molecule has 1 aliphatic rings. The molecule has 2 rings (SSSR count). The van der Waals surface area contributed by atoms with E-state index >= 15 is 0 Å². The van der Waals surface area contributed by atoms with Crippen molar-refractivity contribution in [3.05, 3.63) is 27.2 Å². The molecule has 1 heterocycles. The molecule has 21 heavy (non-hydrogen) atoms. The van der Waals surface area contributed by atoms with Gasteiger partial charge in [-0.15, -0.1) is 0 Å². The number of nitrogens with one attached hydrogen (secondary N) is 1. The number of rotatable bonds is 4. The number of hydrogen-bond acceptors (Lipinski definition) is 3.